The number of hydrogen-bond donors (Lipinski definition) is 8. The van der Waals surface area contributed by atoms with E-state index >= 15 is 0 Å². The van der Waals surface area contributed by atoms with Crippen LogP contribution in [-0.4, -0.2) is 81.7 Å². The van der Waals surface area contributed by atoms with Crippen LogP contribution in [0.1, 0.15) is 23.2 Å². The molecule has 16 heteroatoms. The van der Waals surface area contributed by atoms with E-state index in [2.05, 4.69) is 31.2 Å². The van der Waals surface area contributed by atoms with Gasteiger partial charge < -0.3 is 37.2 Å². The molecule has 38 heavy (non-hydrogen) atoms. The molecule has 2 heterocycles. The molecule has 0 spiro atoms. The van der Waals surface area contributed by atoms with Crippen LogP contribution in [0.5, 0.6) is 0 Å². The van der Waals surface area contributed by atoms with Gasteiger partial charge in [0.1, 0.15) is 6.04 Å². The molecule has 1 aromatic heterocycles. The Morgan fingerprint density at radius 1 is 1.21 bits per heavy atom. The highest BCUT2D eigenvalue weighted by molar-refractivity contribution is 6.18. The molecule has 204 valence electrons. The van der Waals surface area contributed by atoms with E-state index in [0.29, 0.717) is 5.69 Å². The Bertz CT molecular complexity index is 1250. The van der Waals surface area contributed by atoms with E-state index < -0.39 is 47.9 Å². The molecule has 0 saturated carbocycles. The zero-order chi connectivity index (χ0) is 27.8. The van der Waals surface area contributed by atoms with Crippen LogP contribution in [0, 0.1) is 0 Å². The minimum atomic E-state index is -1.35. The van der Waals surface area contributed by atoms with E-state index in [1.165, 1.54) is 17.0 Å². The van der Waals surface area contributed by atoms with Crippen molar-refractivity contribution < 1.29 is 29.4 Å². The molecule has 1 unspecified atom stereocenters. The van der Waals surface area contributed by atoms with Crippen molar-refractivity contribution in [1.29, 1.82) is 0 Å². The second-order valence-electron chi connectivity index (χ2n) is 8.23. The van der Waals surface area contributed by atoms with Crippen molar-refractivity contribution >= 4 is 58.6 Å². The van der Waals surface area contributed by atoms with Gasteiger partial charge in [0.05, 0.1) is 6.04 Å². The molecular formula is C22H27ClN8O7. The molecule has 0 aliphatic carbocycles. The smallest absolute Gasteiger partial charge is 0.326 e. The Kier molecular flexibility index (Phi) is 9.32. The number of halogens is 1. The van der Waals surface area contributed by atoms with Gasteiger partial charge in [-0.05, 0) is 30.7 Å². The number of aromatic amines is 1. The first-order valence-electron chi connectivity index (χ1n) is 11.5. The Hall–Kier alpha value is -4.53. The zero-order valence-corrected chi connectivity index (χ0v) is 20.7. The average Bonchev–Trinajstić information content (AvgIpc) is 2.87. The summed E-state index contributed by atoms with van der Waals surface area (Å²) >= 11 is 5.68. The number of benzene rings is 1. The molecule has 2 aromatic rings. The van der Waals surface area contributed by atoms with Crippen LogP contribution in [-0.2, 0) is 9.59 Å². The summed E-state index contributed by atoms with van der Waals surface area (Å²) in [6.45, 7) is 0.632. The van der Waals surface area contributed by atoms with Gasteiger partial charge in [0.15, 0.2) is 11.5 Å². The van der Waals surface area contributed by atoms with Crippen LogP contribution < -0.4 is 37.5 Å². The lowest BCUT2D eigenvalue weighted by atomic mass is 10.1. The Labute approximate surface area is 220 Å². The fourth-order valence-electron chi connectivity index (χ4n) is 3.73. The first-order chi connectivity index (χ1) is 18.1. The number of nitrogens with two attached hydrogens (primary N) is 1. The van der Waals surface area contributed by atoms with Crippen LogP contribution in [0.4, 0.5) is 27.9 Å². The normalized spacial score (nSPS) is 15.0. The van der Waals surface area contributed by atoms with Gasteiger partial charge in [-0.2, -0.15) is 4.98 Å². The minimum absolute atomic E-state index is 0.00669. The number of carbonyl (C=O) groups is 4. The molecule has 1 aromatic carbocycles. The number of H-pyrrole nitrogens is 1. The minimum Gasteiger partial charge on any atom is -0.481 e. The molecular weight excluding hydrogens is 524 g/mol. The standard InChI is InChI=1S/C22H27ClN8O7/c23-7-8-25-22(38)31-13(10-27-17-16(31)19(35)30-21(24)29-17)9-26-12-3-1-11(2-4-12)18(34)28-14(20(36)37)5-6-15(32)33/h1-4,13-14,26H,5-10H2,(H,25,38)(H,28,34)(H,32,33)(H,36,37)(H4,24,27,29,30,35)/t13?,14-/m0/s1. The summed E-state index contributed by atoms with van der Waals surface area (Å²) in [6.07, 6.45) is -0.661. The van der Waals surface area contributed by atoms with Crippen LogP contribution in [0.2, 0.25) is 0 Å². The summed E-state index contributed by atoms with van der Waals surface area (Å²) in [6, 6.07) is 3.67. The quantitative estimate of drug-likeness (QED) is 0.174. The number of amides is 3. The number of alkyl halides is 1. The van der Waals surface area contributed by atoms with Crippen molar-refractivity contribution in [2.45, 2.75) is 24.9 Å². The Morgan fingerprint density at radius 2 is 1.92 bits per heavy atom. The fourth-order valence-corrected chi connectivity index (χ4v) is 3.83. The predicted molar refractivity (Wildman–Crippen MR) is 139 cm³/mol. The number of urea groups is 1. The van der Waals surface area contributed by atoms with Gasteiger partial charge in [0.2, 0.25) is 5.95 Å². The van der Waals surface area contributed by atoms with Crippen molar-refractivity contribution in [3.05, 3.63) is 40.2 Å². The van der Waals surface area contributed by atoms with E-state index in [-0.39, 0.29) is 55.0 Å². The number of nitrogen functional groups attached to an aromatic ring is 1. The van der Waals surface area contributed by atoms with E-state index in [0.717, 1.165) is 0 Å². The first-order valence-corrected chi connectivity index (χ1v) is 12.0. The number of rotatable bonds is 11. The molecule has 1 aliphatic rings. The van der Waals surface area contributed by atoms with E-state index in [1.54, 1.807) is 12.1 Å². The highest BCUT2D eigenvalue weighted by Crippen LogP contribution is 2.27. The van der Waals surface area contributed by atoms with Gasteiger partial charge in [-0.3, -0.25) is 24.3 Å². The number of aromatic nitrogens is 2. The summed E-state index contributed by atoms with van der Waals surface area (Å²) in [7, 11) is 0. The van der Waals surface area contributed by atoms with Crippen molar-refractivity contribution in [3.63, 3.8) is 0 Å². The number of nitrogens with zero attached hydrogens (tertiary/aromatic N) is 2. The van der Waals surface area contributed by atoms with Crippen LogP contribution >= 0.6 is 11.6 Å². The lowest BCUT2D eigenvalue weighted by molar-refractivity contribution is -0.140. The molecule has 1 aliphatic heterocycles. The van der Waals surface area contributed by atoms with Crippen molar-refractivity contribution in [3.8, 4) is 0 Å². The molecule has 0 radical (unpaired) electrons. The van der Waals surface area contributed by atoms with E-state index in [1.807, 2.05) is 0 Å². The topological polar surface area (TPSA) is 232 Å². The van der Waals surface area contributed by atoms with Gasteiger partial charge in [0, 0.05) is 43.2 Å². The number of fused-ring (bicyclic) bond motifs is 1. The molecule has 0 saturated heterocycles. The Balaban J connectivity index is 1.69. The molecule has 3 amide bonds. The SMILES string of the molecule is Nc1nc2c(c(=O)[nH]1)N(C(=O)NCCCl)C(CNc1ccc(C(=O)N[C@@H](CCC(=O)O)C(=O)O)cc1)CN2. The predicted octanol–water partition coefficient (Wildman–Crippen LogP) is 0.0609. The first kappa shape index (κ1) is 28.0. The number of carboxylic acid groups (broad SMARTS) is 2. The largest absolute Gasteiger partial charge is 0.481 e. The monoisotopic (exact) mass is 550 g/mol. The van der Waals surface area contributed by atoms with Gasteiger partial charge >= 0.3 is 18.0 Å². The maximum Gasteiger partial charge on any atom is 0.326 e. The molecule has 3 rings (SSSR count). The third-order valence-corrected chi connectivity index (χ3v) is 5.74. The Morgan fingerprint density at radius 3 is 2.55 bits per heavy atom. The summed E-state index contributed by atoms with van der Waals surface area (Å²) < 4.78 is 0. The summed E-state index contributed by atoms with van der Waals surface area (Å²) in [4.78, 5) is 67.7. The summed E-state index contributed by atoms with van der Waals surface area (Å²) in [5.74, 6) is -2.93. The molecule has 15 nitrogen and oxygen atoms in total. The maximum atomic E-state index is 12.9. The zero-order valence-electron chi connectivity index (χ0n) is 20.0. The number of hydrogen-bond acceptors (Lipinski definition) is 9. The average molecular weight is 551 g/mol. The maximum absolute atomic E-state index is 12.9. The summed E-state index contributed by atoms with van der Waals surface area (Å²) in [5.41, 5.74) is 5.78. The summed E-state index contributed by atoms with van der Waals surface area (Å²) in [5, 5.41) is 29.1. The van der Waals surface area contributed by atoms with E-state index in [9.17, 15) is 29.1 Å². The molecule has 9 N–H and O–H groups in total. The molecule has 0 fully saturated rings. The van der Waals surface area contributed by atoms with Crippen LogP contribution in [0.3, 0.4) is 0 Å². The number of nitrogens with one attached hydrogen (secondary N) is 5. The highest BCUT2D eigenvalue weighted by Gasteiger charge is 2.34. The van der Waals surface area contributed by atoms with Crippen molar-refractivity contribution in [2.24, 2.45) is 0 Å². The third-order valence-electron chi connectivity index (χ3n) is 5.55. The number of carbonyl (C=O) groups excluding carboxylic acids is 2. The fraction of sp³-hybridized carbons (Fsp3) is 0.364. The van der Waals surface area contributed by atoms with Crippen molar-refractivity contribution in [2.75, 3.05) is 46.8 Å². The number of aliphatic carboxylic acids is 2. The number of carboxylic acids is 2. The van der Waals surface area contributed by atoms with Gasteiger partial charge in [0.25, 0.3) is 11.5 Å². The highest BCUT2D eigenvalue weighted by atomic mass is 35.5. The van der Waals surface area contributed by atoms with Gasteiger partial charge in [-0.25, -0.2) is 9.59 Å². The molecule has 2 atom stereocenters. The van der Waals surface area contributed by atoms with Gasteiger partial charge in [-0.15, -0.1) is 11.6 Å². The second-order valence-corrected chi connectivity index (χ2v) is 8.61. The van der Waals surface area contributed by atoms with Crippen LogP contribution in [0.15, 0.2) is 29.1 Å². The second kappa shape index (κ2) is 12.6. The van der Waals surface area contributed by atoms with E-state index in [4.69, 9.17) is 22.4 Å². The lowest BCUT2D eigenvalue weighted by Gasteiger charge is -2.36. The third kappa shape index (κ3) is 7.03. The molecule has 0 bridgehead atoms. The number of anilines is 4. The van der Waals surface area contributed by atoms with Crippen molar-refractivity contribution in [1.82, 2.24) is 20.6 Å². The van der Waals surface area contributed by atoms with Gasteiger partial charge in [-0.1, -0.05) is 0 Å². The van der Waals surface area contributed by atoms with Crippen LogP contribution in [0.25, 0.3) is 0 Å². The lowest BCUT2D eigenvalue weighted by Crippen LogP contribution is -2.56.